The highest BCUT2D eigenvalue weighted by molar-refractivity contribution is 5.78. The SMILES string of the molecule is Cc1cc(C#N)c2c(c1)nn(-c1ccccc1)c(=O)[n+]2C. The Bertz CT molecular complexity index is 936. The Morgan fingerprint density at radius 3 is 2.62 bits per heavy atom. The van der Waals surface area contributed by atoms with Crippen molar-refractivity contribution in [3.05, 3.63) is 64.1 Å². The third-order valence-electron chi connectivity index (χ3n) is 3.37. The largest absolute Gasteiger partial charge is 0.524 e. The molecule has 0 aliphatic rings. The highest BCUT2D eigenvalue weighted by Crippen LogP contribution is 2.14. The molecule has 102 valence electrons. The van der Waals surface area contributed by atoms with Gasteiger partial charge in [0.05, 0.1) is 7.05 Å². The Labute approximate surface area is 121 Å². The van der Waals surface area contributed by atoms with E-state index in [1.54, 1.807) is 13.1 Å². The van der Waals surface area contributed by atoms with Crippen LogP contribution in [0.1, 0.15) is 11.1 Å². The lowest BCUT2D eigenvalue weighted by atomic mass is 10.1. The predicted molar refractivity (Wildman–Crippen MR) is 78.0 cm³/mol. The molecular weight excluding hydrogens is 264 g/mol. The van der Waals surface area contributed by atoms with Gasteiger partial charge in [-0.05, 0) is 36.8 Å². The maximum absolute atomic E-state index is 12.5. The standard InChI is InChI=1S/C16H13N4O/c1-11-8-12(10-17)15-14(9-11)18-20(16(21)19(15)2)13-6-4-3-5-7-13/h3-9H,1-2H3/q+1. The van der Waals surface area contributed by atoms with Crippen LogP contribution in [0, 0.1) is 18.3 Å². The van der Waals surface area contributed by atoms with Crippen LogP contribution < -0.4 is 10.3 Å². The van der Waals surface area contributed by atoms with E-state index in [0.29, 0.717) is 22.3 Å². The smallest absolute Gasteiger partial charge is 0.194 e. The van der Waals surface area contributed by atoms with E-state index in [1.165, 1.54) is 9.25 Å². The topological polar surface area (TPSA) is 62.6 Å². The third-order valence-corrected chi connectivity index (χ3v) is 3.37. The summed E-state index contributed by atoms with van der Waals surface area (Å²) in [5, 5.41) is 13.7. The van der Waals surface area contributed by atoms with E-state index in [9.17, 15) is 10.1 Å². The van der Waals surface area contributed by atoms with Gasteiger partial charge in [0.25, 0.3) is 0 Å². The van der Waals surface area contributed by atoms with Gasteiger partial charge in [-0.15, -0.1) is 0 Å². The van der Waals surface area contributed by atoms with Crippen molar-refractivity contribution in [3.63, 3.8) is 0 Å². The molecule has 0 amide bonds. The van der Waals surface area contributed by atoms with Crippen LogP contribution in [0.15, 0.2) is 47.3 Å². The zero-order chi connectivity index (χ0) is 15.0. The van der Waals surface area contributed by atoms with Crippen LogP contribution in [0.4, 0.5) is 0 Å². The molecule has 0 saturated carbocycles. The molecule has 2 aromatic carbocycles. The molecule has 3 aromatic rings. The molecule has 3 rings (SSSR count). The Morgan fingerprint density at radius 2 is 1.95 bits per heavy atom. The lowest BCUT2D eigenvalue weighted by Gasteiger charge is -2.04. The number of aromatic nitrogens is 3. The number of fused-ring (bicyclic) bond motifs is 1. The molecule has 0 radical (unpaired) electrons. The summed E-state index contributed by atoms with van der Waals surface area (Å²) in [5.74, 6) is 0. The van der Waals surface area contributed by atoms with E-state index in [0.717, 1.165) is 5.56 Å². The average Bonchev–Trinajstić information content (AvgIpc) is 2.50. The summed E-state index contributed by atoms with van der Waals surface area (Å²) in [4.78, 5) is 12.5. The summed E-state index contributed by atoms with van der Waals surface area (Å²) in [6, 6.07) is 15.0. The van der Waals surface area contributed by atoms with E-state index in [-0.39, 0.29) is 5.69 Å². The minimum atomic E-state index is -0.283. The van der Waals surface area contributed by atoms with E-state index in [1.807, 2.05) is 43.3 Å². The number of nitriles is 1. The minimum absolute atomic E-state index is 0.283. The number of nitrogens with zero attached hydrogens (tertiary/aromatic N) is 4. The van der Waals surface area contributed by atoms with Crippen molar-refractivity contribution in [1.82, 2.24) is 9.78 Å². The van der Waals surface area contributed by atoms with Crippen LogP contribution in [-0.2, 0) is 7.05 Å². The molecule has 5 heteroatoms. The zero-order valence-corrected chi connectivity index (χ0v) is 11.7. The number of rotatable bonds is 1. The van der Waals surface area contributed by atoms with Gasteiger partial charge in [0, 0.05) is 0 Å². The van der Waals surface area contributed by atoms with E-state index < -0.39 is 0 Å². The highest BCUT2D eigenvalue weighted by Gasteiger charge is 2.19. The molecule has 0 aliphatic heterocycles. The van der Waals surface area contributed by atoms with Crippen molar-refractivity contribution in [2.75, 3.05) is 0 Å². The maximum atomic E-state index is 12.5. The van der Waals surface area contributed by atoms with Gasteiger partial charge in [-0.3, -0.25) is 0 Å². The second kappa shape index (κ2) is 4.84. The lowest BCUT2D eigenvalue weighted by molar-refractivity contribution is -0.665. The first-order chi connectivity index (χ1) is 10.1. The van der Waals surface area contributed by atoms with Crippen LogP contribution in [0.3, 0.4) is 0 Å². The van der Waals surface area contributed by atoms with Gasteiger partial charge in [0.15, 0.2) is 16.7 Å². The number of hydrogen-bond donors (Lipinski definition) is 0. The van der Waals surface area contributed by atoms with Crippen molar-refractivity contribution < 1.29 is 4.57 Å². The average molecular weight is 277 g/mol. The Hall–Kier alpha value is -3.00. The highest BCUT2D eigenvalue weighted by atomic mass is 16.2. The summed E-state index contributed by atoms with van der Waals surface area (Å²) < 4.78 is 2.82. The fourth-order valence-electron chi connectivity index (χ4n) is 2.40. The Kier molecular flexibility index (Phi) is 2.99. The van der Waals surface area contributed by atoms with Gasteiger partial charge >= 0.3 is 5.69 Å². The third kappa shape index (κ3) is 2.07. The van der Waals surface area contributed by atoms with Crippen molar-refractivity contribution in [3.8, 4) is 11.8 Å². The van der Waals surface area contributed by atoms with E-state index in [4.69, 9.17) is 0 Å². The van der Waals surface area contributed by atoms with Gasteiger partial charge in [0.1, 0.15) is 11.6 Å². The molecule has 0 atom stereocenters. The summed E-state index contributed by atoms with van der Waals surface area (Å²) in [6.45, 7) is 1.90. The van der Waals surface area contributed by atoms with Gasteiger partial charge in [-0.25, -0.2) is 0 Å². The molecule has 0 saturated heterocycles. The number of aryl methyl sites for hydroxylation is 2. The summed E-state index contributed by atoms with van der Waals surface area (Å²) in [7, 11) is 1.65. The number of benzene rings is 2. The first-order valence-corrected chi connectivity index (χ1v) is 6.51. The lowest BCUT2D eigenvalue weighted by Crippen LogP contribution is -2.52. The Balaban J connectivity index is 2.45. The fourth-order valence-corrected chi connectivity index (χ4v) is 2.40. The molecule has 0 bridgehead atoms. The number of para-hydroxylation sites is 1. The van der Waals surface area contributed by atoms with Crippen molar-refractivity contribution in [2.45, 2.75) is 6.92 Å². The Morgan fingerprint density at radius 1 is 1.24 bits per heavy atom. The molecule has 0 fully saturated rings. The first kappa shape index (κ1) is 13.0. The van der Waals surface area contributed by atoms with Crippen LogP contribution in [0.25, 0.3) is 16.7 Å². The van der Waals surface area contributed by atoms with Crippen molar-refractivity contribution >= 4 is 11.0 Å². The summed E-state index contributed by atoms with van der Waals surface area (Å²) >= 11 is 0. The zero-order valence-electron chi connectivity index (χ0n) is 11.7. The molecule has 1 aromatic heterocycles. The first-order valence-electron chi connectivity index (χ1n) is 6.51. The van der Waals surface area contributed by atoms with E-state index in [2.05, 4.69) is 11.2 Å². The van der Waals surface area contributed by atoms with Crippen LogP contribution in [0.2, 0.25) is 0 Å². The van der Waals surface area contributed by atoms with Gasteiger partial charge < -0.3 is 0 Å². The minimum Gasteiger partial charge on any atom is -0.194 e. The fraction of sp³-hybridized carbons (Fsp3) is 0.125. The van der Waals surface area contributed by atoms with Gasteiger partial charge in [-0.1, -0.05) is 28.0 Å². The molecule has 0 spiro atoms. The molecule has 0 N–H and O–H groups in total. The normalized spacial score (nSPS) is 10.5. The monoisotopic (exact) mass is 277 g/mol. The summed E-state index contributed by atoms with van der Waals surface area (Å²) in [6.07, 6.45) is 0. The molecule has 1 heterocycles. The van der Waals surface area contributed by atoms with Crippen LogP contribution >= 0.6 is 0 Å². The predicted octanol–water partition coefficient (Wildman–Crippen LogP) is 1.39. The second-order valence-corrected chi connectivity index (χ2v) is 4.88. The molecule has 21 heavy (non-hydrogen) atoms. The maximum Gasteiger partial charge on any atom is 0.524 e. The molecule has 0 unspecified atom stereocenters. The van der Waals surface area contributed by atoms with Crippen LogP contribution in [0.5, 0.6) is 0 Å². The quantitative estimate of drug-likeness (QED) is 0.631. The number of hydrogen-bond acceptors (Lipinski definition) is 3. The van der Waals surface area contributed by atoms with E-state index >= 15 is 0 Å². The molecule has 0 aliphatic carbocycles. The van der Waals surface area contributed by atoms with Crippen LogP contribution in [-0.4, -0.2) is 9.78 Å². The van der Waals surface area contributed by atoms with Crippen molar-refractivity contribution in [1.29, 1.82) is 5.26 Å². The second-order valence-electron chi connectivity index (χ2n) is 4.88. The molecule has 5 nitrogen and oxygen atoms in total. The van der Waals surface area contributed by atoms with Gasteiger partial charge in [-0.2, -0.15) is 14.6 Å². The van der Waals surface area contributed by atoms with Gasteiger partial charge in [0.2, 0.25) is 0 Å². The van der Waals surface area contributed by atoms with Crippen molar-refractivity contribution in [2.24, 2.45) is 7.05 Å². The molecular formula is C16H13N4O+. The summed E-state index contributed by atoms with van der Waals surface area (Å²) in [5.41, 5.74) is 2.98.